The third kappa shape index (κ3) is 5.90. The summed E-state index contributed by atoms with van der Waals surface area (Å²) in [5.41, 5.74) is 1.91. The highest BCUT2D eigenvalue weighted by Crippen LogP contribution is 2.17. The Labute approximate surface area is 119 Å². The second-order valence-electron chi connectivity index (χ2n) is 4.70. The van der Waals surface area contributed by atoms with Crippen molar-refractivity contribution in [2.24, 2.45) is 5.92 Å². The molecule has 1 atom stereocenters. The summed E-state index contributed by atoms with van der Waals surface area (Å²) in [5.74, 6) is 0.137. The number of rotatable bonds is 6. The Balaban J connectivity index is 2.47. The first-order chi connectivity index (χ1) is 9.02. The molecule has 3 nitrogen and oxygen atoms in total. The molecular formula is C15H20ClNO2. The lowest BCUT2D eigenvalue weighted by atomic mass is 10.1. The monoisotopic (exact) mass is 281 g/mol. The average Bonchev–Trinajstić information content (AvgIpc) is 2.38. The van der Waals surface area contributed by atoms with Crippen LogP contribution in [-0.4, -0.2) is 24.2 Å². The minimum absolute atomic E-state index is 0.138. The number of aryl methyl sites for hydroxylation is 1. The van der Waals surface area contributed by atoms with Crippen LogP contribution in [-0.2, 0) is 4.79 Å². The second-order valence-corrected chi connectivity index (χ2v) is 5.11. The molecule has 0 aliphatic heterocycles. The van der Waals surface area contributed by atoms with Gasteiger partial charge in [-0.2, -0.15) is 0 Å². The van der Waals surface area contributed by atoms with Crippen molar-refractivity contribution >= 4 is 23.6 Å². The van der Waals surface area contributed by atoms with E-state index < -0.39 is 0 Å². The summed E-state index contributed by atoms with van der Waals surface area (Å²) >= 11 is 6.01. The van der Waals surface area contributed by atoms with Crippen molar-refractivity contribution in [2.75, 3.05) is 13.2 Å². The minimum atomic E-state index is -0.138. The zero-order chi connectivity index (χ0) is 14.3. The molecule has 1 aromatic carbocycles. The van der Waals surface area contributed by atoms with E-state index in [4.69, 9.17) is 16.7 Å². The SMILES string of the molecule is Cc1ccc(/C=C/C(=O)NCC(C)CCO)cc1Cl. The van der Waals surface area contributed by atoms with Crippen LogP contribution >= 0.6 is 11.6 Å². The van der Waals surface area contributed by atoms with Crippen LogP contribution in [0.15, 0.2) is 24.3 Å². The molecule has 2 N–H and O–H groups in total. The Bertz CT molecular complexity index is 457. The largest absolute Gasteiger partial charge is 0.396 e. The fraction of sp³-hybridized carbons (Fsp3) is 0.400. The van der Waals surface area contributed by atoms with Gasteiger partial charge < -0.3 is 10.4 Å². The molecule has 0 aliphatic rings. The number of aliphatic hydroxyl groups excluding tert-OH is 1. The molecule has 1 amide bonds. The normalized spacial score (nSPS) is 12.6. The Morgan fingerprint density at radius 1 is 1.53 bits per heavy atom. The van der Waals surface area contributed by atoms with Crippen LogP contribution in [0.4, 0.5) is 0 Å². The number of aliphatic hydroxyl groups is 1. The van der Waals surface area contributed by atoms with Gasteiger partial charge in [0, 0.05) is 24.3 Å². The van der Waals surface area contributed by atoms with Gasteiger partial charge >= 0.3 is 0 Å². The van der Waals surface area contributed by atoms with Crippen molar-refractivity contribution in [3.05, 3.63) is 40.4 Å². The van der Waals surface area contributed by atoms with Crippen LogP contribution in [0.25, 0.3) is 6.08 Å². The fourth-order valence-corrected chi connectivity index (χ4v) is 1.73. The number of benzene rings is 1. The van der Waals surface area contributed by atoms with E-state index in [9.17, 15) is 4.79 Å². The predicted octanol–water partition coefficient (Wildman–Crippen LogP) is 2.80. The number of amides is 1. The lowest BCUT2D eigenvalue weighted by molar-refractivity contribution is -0.116. The summed E-state index contributed by atoms with van der Waals surface area (Å²) in [4.78, 5) is 11.6. The summed E-state index contributed by atoms with van der Waals surface area (Å²) in [5, 5.41) is 12.3. The van der Waals surface area contributed by atoms with Crippen LogP contribution in [0.1, 0.15) is 24.5 Å². The molecular weight excluding hydrogens is 262 g/mol. The summed E-state index contributed by atoms with van der Waals surface area (Å²) in [6, 6.07) is 5.66. The Morgan fingerprint density at radius 2 is 2.26 bits per heavy atom. The molecule has 0 radical (unpaired) electrons. The van der Waals surface area contributed by atoms with Crippen LogP contribution in [0.3, 0.4) is 0 Å². The highest BCUT2D eigenvalue weighted by atomic mass is 35.5. The van der Waals surface area contributed by atoms with E-state index in [2.05, 4.69) is 5.32 Å². The zero-order valence-electron chi connectivity index (χ0n) is 11.3. The molecule has 0 aliphatic carbocycles. The lowest BCUT2D eigenvalue weighted by Gasteiger charge is -2.09. The number of carbonyl (C=O) groups excluding carboxylic acids is 1. The fourth-order valence-electron chi connectivity index (χ4n) is 1.54. The highest BCUT2D eigenvalue weighted by molar-refractivity contribution is 6.31. The summed E-state index contributed by atoms with van der Waals surface area (Å²) < 4.78 is 0. The maximum absolute atomic E-state index is 11.6. The van der Waals surface area contributed by atoms with Crippen molar-refractivity contribution in [1.29, 1.82) is 0 Å². The van der Waals surface area contributed by atoms with Crippen molar-refractivity contribution in [1.82, 2.24) is 5.32 Å². The van der Waals surface area contributed by atoms with Gasteiger partial charge in [-0.1, -0.05) is 30.7 Å². The molecule has 0 fully saturated rings. The van der Waals surface area contributed by atoms with E-state index in [1.54, 1.807) is 6.08 Å². The molecule has 0 heterocycles. The van der Waals surface area contributed by atoms with E-state index in [1.165, 1.54) is 6.08 Å². The molecule has 1 rings (SSSR count). The standard InChI is InChI=1S/C15H20ClNO2/c1-11(7-8-18)10-17-15(19)6-5-13-4-3-12(2)14(16)9-13/h3-6,9,11,18H,7-8,10H2,1-2H3,(H,17,19)/b6-5+. The third-order valence-electron chi connectivity index (χ3n) is 2.87. The highest BCUT2D eigenvalue weighted by Gasteiger charge is 2.02. The number of nitrogens with one attached hydrogen (secondary N) is 1. The number of halogens is 1. The molecule has 1 unspecified atom stereocenters. The van der Waals surface area contributed by atoms with Crippen LogP contribution in [0.5, 0.6) is 0 Å². The number of hydrogen-bond acceptors (Lipinski definition) is 2. The minimum Gasteiger partial charge on any atom is -0.396 e. The lowest BCUT2D eigenvalue weighted by Crippen LogP contribution is -2.26. The average molecular weight is 282 g/mol. The van der Waals surface area contributed by atoms with Crippen molar-refractivity contribution in [2.45, 2.75) is 20.3 Å². The molecule has 0 bridgehead atoms. The van der Waals surface area contributed by atoms with Gasteiger partial charge in [0.25, 0.3) is 0 Å². The molecule has 0 spiro atoms. The van der Waals surface area contributed by atoms with Gasteiger partial charge in [-0.05, 0) is 42.5 Å². The van der Waals surface area contributed by atoms with Gasteiger partial charge in [-0.15, -0.1) is 0 Å². The number of carbonyl (C=O) groups is 1. The Kier molecular flexibility index (Phi) is 6.60. The molecule has 19 heavy (non-hydrogen) atoms. The second kappa shape index (κ2) is 7.97. The summed E-state index contributed by atoms with van der Waals surface area (Å²) in [7, 11) is 0. The van der Waals surface area contributed by atoms with Crippen LogP contribution in [0, 0.1) is 12.8 Å². The third-order valence-corrected chi connectivity index (χ3v) is 3.28. The van der Waals surface area contributed by atoms with Gasteiger partial charge in [0.05, 0.1) is 0 Å². The van der Waals surface area contributed by atoms with E-state index >= 15 is 0 Å². The van der Waals surface area contributed by atoms with Crippen LogP contribution < -0.4 is 5.32 Å². The zero-order valence-corrected chi connectivity index (χ0v) is 12.1. The van der Waals surface area contributed by atoms with Gasteiger partial charge in [-0.3, -0.25) is 4.79 Å². The first-order valence-electron chi connectivity index (χ1n) is 6.36. The number of hydrogen-bond donors (Lipinski definition) is 2. The van der Waals surface area contributed by atoms with Gasteiger partial charge in [-0.25, -0.2) is 0 Å². The predicted molar refractivity (Wildman–Crippen MR) is 79.1 cm³/mol. The summed E-state index contributed by atoms with van der Waals surface area (Å²) in [6.07, 6.45) is 3.92. The smallest absolute Gasteiger partial charge is 0.244 e. The van der Waals surface area contributed by atoms with Gasteiger partial charge in [0.15, 0.2) is 0 Å². The van der Waals surface area contributed by atoms with E-state index in [0.717, 1.165) is 11.1 Å². The van der Waals surface area contributed by atoms with Crippen molar-refractivity contribution in [3.8, 4) is 0 Å². The molecule has 1 aromatic rings. The molecule has 4 heteroatoms. The Hall–Kier alpha value is -1.32. The Morgan fingerprint density at radius 3 is 2.89 bits per heavy atom. The molecule has 0 saturated heterocycles. The van der Waals surface area contributed by atoms with Gasteiger partial charge in [0.2, 0.25) is 5.91 Å². The van der Waals surface area contributed by atoms with Crippen molar-refractivity contribution in [3.63, 3.8) is 0 Å². The maximum Gasteiger partial charge on any atom is 0.244 e. The van der Waals surface area contributed by atoms with E-state index in [0.29, 0.717) is 18.0 Å². The van der Waals surface area contributed by atoms with Gasteiger partial charge in [0.1, 0.15) is 0 Å². The van der Waals surface area contributed by atoms with Crippen molar-refractivity contribution < 1.29 is 9.90 Å². The molecule has 104 valence electrons. The maximum atomic E-state index is 11.6. The first-order valence-corrected chi connectivity index (χ1v) is 6.73. The summed E-state index contributed by atoms with van der Waals surface area (Å²) in [6.45, 7) is 4.64. The molecule has 0 saturated carbocycles. The quantitative estimate of drug-likeness (QED) is 0.788. The van der Waals surface area contributed by atoms with E-state index in [1.807, 2.05) is 32.0 Å². The molecule has 0 aromatic heterocycles. The van der Waals surface area contributed by atoms with Crippen LogP contribution in [0.2, 0.25) is 5.02 Å². The van der Waals surface area contributed by atoms with E-state index in [-0.39, 0.29) is 18.4 Å². The first kappa shape index (κ1) is 15.7. The topological polar surface area (TPSA) is 49.3 Å².